The molecule has 0 radical (unpaired) electrons. The first-order valence-electron chi connectivity index (χ1n) is 4.73. The van der Waals surface area contributed by atoms with Crippen molar-refractivity contribution in [2.75, 3.05) is 6.61 Å². The highest BCUT2D eigenvalue weighted by atomic mass is 16.5. The van der Waals surface area contributed by atoms with Crippen molar-refractivity contribution in [3.05, 3.63) is 12.3 Å². The van der Waals surface area contributed by atoms with Crippen molar-refractivity contribution in [1.29, 1.82) is 0 Å². The van der Waals surface area contributed by atoms with Crippen molar-refractivity contribution in [2.45, 2.75) is 45.3 Å². The Morgan fingerprint density at radius 1 is 1.50 bits per heavy atom. The number of hydrogen-bond acceptors (Lipinski definition) is 2. The topological polar surface area (TPSA) is 18.5 Å². The van der Waals surface area contributed by atoms with Crippen LogP contribution in [-0.4, -0.2) is 18.8 Å². The van der Waals surface area contributed by atoms with E-state index in [0.29, 0.717) is 6.10 Å². The second kappa shape index (κ2) is 5.20. The Kier molecular flexibility index (Phi) is 4.15. The number of allylic oxidation sites excluding steroid dienone is 1. The van der Waals surface area contributed by atoms with Crippen LogP contribution in [0.5, 0.6) is 0 Å². The fourth-order valence-corrected chi connectivity index (χ4v) is 1.43. The predicted octanol–water partition coefficient (Wildman–Crippen LogP) is 2.49. The molecule has 0 aliphatic carbocycles. The number of rotatable bonds is 3. The summed E-state index contributed by atoms with van der Waals surface area (Å²) in [5.74, 6) is 0. The molecule has 1 aliphatic heterocycles. The van der Waals surface area contributed by atoms with Crippen molar-refractivity contribution in [2.24, 2.45) is 0 Å². The lowest BCUT2D eigenvalue weighted by molar-refractivity contribution is -0.0591. The first kappa shape index (κ1) is 9.59. The van der Waals surface area contributed by atoms with Crippen molar-refractivity contribution in [1.82, 2.24) is 0 Å². The van der Waals surface area contributed by atoms with Crippen LogP contribution in [0, 0.1) is 0 Å². The fraction of sp³-hybridized carbons (Fsp3) is 0.800. The molecule has 0 amide bonds. The van der Waals surface area contributed by atoms with Crippen LogP contribution in [0.25, 0.3) is 0 Å². The molecule has 0 aromatic heterocycles. The Bertz CT molecular complexity index is 137. The third-order valence-corrected chi connectivity index (χ3v) is 2.17. The van der Waals surface area contributed by atoms with Gasteiger partial charge in [0.05, 0.1) is 12.4 Å². The molecule has 1 heterocycles. The van der Waals surface area contributed by atoms with Crippen LogP contribution < -0.4 is 0 Å². The summed E-state index contributed by atoms with van der Waals surface area (Å²) in [5.41, 5.74) is 0. The Balaban J connectivity index is 2.24. The minimum atomic E-state index is 0.196. The monoisotopic (exact) mass is 170 g/mol. The minimum absolute atomic E-state index is 0.196. The number of hydrogen-bond donors (Lipinski definition) is 0. The molecule has 1 fully saturated rings. The average molecular weight is 170 g/mol. The van der Waals surface area contributed by atoms with Gasteiger partial charge in [0.2, 0.25) is 0 Å². The lowest BCUT2D eigenvalue weighted by Gasteiger charge is -2.27. The zero-order chi connectivity index (χ0) is 8.81. The van der Waals surface area contributed by atoms with Gasteiger partial charge in [-0.15, -0.1) is 0 Å². The first-order chi connectivity index (χ1) is 5.84. The molecule has 1 rings (SSSR count). The molecule has 0 aromatic rings. The molecule has 12 heavy (non-hydrogen) atoms. The fourth-order valence-electron chi connectivity index (χ4n) is 1.43. The van der Waals surface area contributed by atoms with Gasteiger partial charge in [0.25, 0.3) is 0 Å². The van der Waals surface area contributed by atoms with Crippen molar-refractivity contribution >= 4 is 0 Å². The van der Waals surface area contributed by atoms with E-state index >= 15 is 0 Å². The summed E-state index contributed by atoms with van der Waals surface area (Å²) in [7, 11) is 0. The molecule has 1 aliphatic rings. The zero-order valence-electron chi connectivity index (χ0n) is 7.95. The van der Waals surface area contributed by atoms with E-state index in [1.54, 1.807) is 6.26 Å². The smallest absolute Gasteiger partial charge is 0.121 e. The van der Waals surface area contributed by atoms with Gasteiger partial charge in [0.1, 0.15) is 6.10 Å². The summed E-state index contributed by atoms with van der Waals surface area (Å²) in [4.78, 5) is 0. The summed E-state index contributed by atoms with van der Waals surface area (Å²) < 4.78 is 11.0. The van der Waals surface area contributed by atoms with E-state index in [1.165, 1.54) is 12.8 Å². The van der Waals surface area contributed by atoms with Crippen LogP contribution in [0.3, 0.4) is 0 Å². The van der Waals surface area contributed by atoms with E-state index in [9.17, 15) is 0 Å². The second-order valence-corrected chi connectivity index (χ2v) is 3.22. The molecule has 0 spiro atoms. The van der Waals surface area contributed by atoms with E-state index in [1.807, 2.05) is 13.0 Å². The first-order valence-corrected chi connectivity index (χ1v) is 4.73. The highest BCUT2D eigenvalue weighted by Crippen LogP contribution is 2.17. The van der Waals surface area contributed by atoms with Gasteiger partial charge in [-0.1, -0.05) is 6.08 Å². The van der Waals surface area contributed by atoms with Crippen molar-refractivity contribution in [3.63, 3.8) is 0 Å². The van der Waals surface area contributed by atoms with Crippen LogP contribution in [0.2, 0.25) is 0 Å². The highest BCUT2D eigenvalue weighted by molar-refractivity contribution is 4.74. The second-order valence-electron chi connectivity index (χ2n) is 3.22. The van der Waals surface area contributed by atoms with Crippen LogP contribution in [-0.2, 0) is 9.47 Å². The van der Waals surface area contributed by atoms with E-state index in [4.69, 9.17) is 9.47 Å². The summed E-state index contributed by atoms with van der Waals surface area (Å²) >= 11 is 0. The molecule has 1 saturated heterocycles. The maximum Gasteiger partial charge on any atom is 0.121 e. The molecule has 0 bridgehead atoms. The summed E-state index contributed by atoms with van der Waals surface area (Å²) in [6.07, 6.45) is 7.75. The van der Waals surface area contributed by atoms with E-state index < -0.39 is 0 Å². The Morgan fingerprint density at radius 3 is 2.92 bits per heavy atom. The van der Waals surface area contributed by atoms with Gasteiger partial charge < -0.3 is 9.47 Å². The third kappa shape index (κ3) is 2.86. The quantitative estimate of drug-likeness (QED) is 0.606. The molecular formula is C10H18O2. The zero-order valence-corrected chi connectivity index (χ0v) is 7.95. The third-order valence-electron chi connectivity index (χ3n) is 2.17. The van der Waals surface area contributed by atoms with Crippen molar-refractivity contribution < 1.29 is 9.47 Å². The van der Waals surface area contributed by atoms with Crippen LogP contribution in [0.4, 0.5) is 0 Å². The van der Waals surface area contributed by atoms with E-state index in [0.717, 1.165) is 13.0 Å². The van der Waals surface area contributed by atoms with Gasteiger partial charge >= 0.3 is 0 Å². The van der Waals surface area contributed by atoms with Gasteiger partial charge in [0.15, 0.2) is 0 Å². The van der Waals surface area contributed by atoms with E-state index in [2.05, 4.69) is 6.92 Å². The lowest BCUT2D eigenvalue weighted by Crippen LogP contribution is -2.31. The van der Waals surface area contributed by atoms with Crippen LogP contribution in [0.15, 0.2) is 12.3 Å². The van der Waals surface area contributed by atoms with Crippen molar-refractivity contribution in [3.8, 4) is 0 Å². The molecule has 0 saturated carbocycles. The maximum absolute atomic E-state index is 5.58. The summed E-state index contributed by atoms with van der Waals surface area (Å²) in [6, 6.07) is 0. The molecule has 70 valence electrons. The number of ether oxygens (including phenoxy) is 2. The molecule has 2 heteroatoms. The van der Waals surface area contributed by atoms with Crippen LogP contribution >= 0.6 is 0 Å². The Hall–Kier alpha value is -0.500. The highest BCUT2D eigenvalue weighted by Gasteiger charge is 2.20. The molecular weight excluding hydrogens is 152 g/mol. The maximum atomic E-state index is 5.58. The molecule has 0 aromatic carbocycles. The van der Waals surface area contributed by atoms with Gasteiger partial charge in [-0.25, -0.2) is 0 Å². The SMILES string of the molecule is C/C=C/OC(C)C1CCCCO1. The van der Waals surface area contributed by atoms with Gasteiger partial charge in [-0.05, 0) is 33.1 Å². The van der Waals surface area contributed by atoms with E-state index in [-0.39, 0.29) is 6.10 Å². The standard InChI is InChI=1S/C10H18O2/c1-3-7-11-9(2)10-6-4-5-8-12-10/h3,7,9-10H,4-6,8H2,1-2H3/b7-3+. The summed E-state index contributed by atoms with van der Waals surface area (Å²) in [6.45, 7) is 4.92. The molecule has 2 nitrogen and oxygen atoms in total. The lowest BCUT2D eigenvalue weighted by atomic mass is 10.1. The van der Waals surface area contributed by atoms with Gasteiger partial charge in [-0.2, -0.15) is 0 Å². The Morgan fingerprint density at radius 2 is 2.33 bits per heavy atom. The molecule has 2 atom stereocenters. The normalized spacial score (nSPS) is 27.3. The minimum Gasteiger partial charge on any atom is -0.496 e. The largest absolute Gasteiger partial charge is 0.496 e. The average Bonchev–Trinajstić information content (AvgIpc) is 2.15. The Labute approximate surface area is 74.6 Å². The molecule has 0 N–H and O–H groups in total. The van der Waals surface area contributed by atoms with Gasteiger partial charge in [-0.3, -0.25) is 0 Å². The van der Waals surface area contributed by atoms with Crippen LogP contribution in [0.1, 0.15) is 33.1 Å². The van der Waals surface area contributed by atoms with Gasteiger partial charge in [0, 0.05) is 6.61 Å². The predicted molar refractivity (Wildman–Crippen MR) is 49.0 cm³/mol. The molecule has 2 unspecified atom stereocenters. The summed E-state index contributed by atoms with van der Waals surface area (Å²) in [5, 5.41) is 0.